The van der Waals surface area contributed by atoms with Crippen molar-refractivity contribution in [3.63, 3.8) is 0 Å². The monoisotopic (exact) mass is 216 g/mol. The fourth-order valence-corrected chi connectivity index (χ4v) is 2.51. The van der Waals surface area contributed by atoms with Crippen molar-refractivity contribution in [3.05, 3.63) is 12.2 Å². The van der Waals surface area contributed by atoms with Crippen LogP contribution in [0.15, 0.2) is 12.2 Å². The Morgan fingerprint density at radius 3 is 3.00 bits per heavy atom. The van der Waals surface area contributed by atoms with E-state index in [1.165, 1.54) is 17.9 Å². The number of thiocarbonyl (C=S) groups is 1. The fourth-order valence-electron chi connectivity index (χ4n) is 1.12. The zero-order chi connectivity index (χ0) is 9.68. The minimum Gasteiger partial charge on any atom is -0.359 e. The maximum Gasteiger partial charge on any atom is 0.166 e. The number of rotatable bonds is 3. The van der Waals surface area contributed by atoms with Crippen LogP contribution in [0, 0.1) is 0 Å². The van der Waals surface area contributed by atoms with Gasteiger partial charge in [0.2, 0.25) is 0 Å². The molecule has 2 nitrogen and oxygen atoms in total. The molecule has 1 atom stereocenters. The second kappa shape index (κ2) is 5.50. The van der Waals surface area contributed by atoms with Gasteiger partial charge in [0.15, 0.2) is 5.11 Å². The molecular weight excluding hydrogens is 200 g/mol. The topological polar surface area (TPSA) is 24.1 Å². The van der Waals surface area contributed by atoms with E-state index >= 15 is 0 Å². The summed E-state index contributed by atoms with van der Waals surface area (Å²) in [5.41, 5.74) is 1.10. The van der Waals surface area contributed by atoms with Crippen molar-refractivity contribution < 1.29 is 0 Å². The van der Waals surface area contributed by atoms with Gasteiger partial charge in [0.25, 0.3) is 0 Å². The molecule has 0 radical (unpaired) electrons. The average Bonchev–Trinajstić information content (AvgIpc) is 2.53. The van der Waals surface area contributed by atoms with E-state index in [2.05, 4.69) is 17.2 Å². The lowest BCUT2D eigenvalue weighted by molar-refractivity contribution is 0.669. The predicted molar refractivity (Wildman–Crippen MR) is 64.3 cm³/mol. The number of hydrogen-bond acceptors (Lipinski definition) is 2. The van der Waals surface area contributed by atoms with Gasteiger partial charge in [-0.25, -0.2) is 0 Å². The predicted octanol–water partition coefficient (Wildman–Crippen LogP) is 1.53. The van der Waals surface area contributed by atoms with Gasteiger partial charge >= 0.3 is 0 Å². The summed E-state index contributed by atoms with van der Waals surface area (Å²) >= 11 is 7.12. The van der Waals surface area contributed by atoms with Gasteiger partial charge in [-0.2, -0.15) is 11.8 Å². The third-order valence-electron chi connectivity index (χ3n) is 1.82. The molecule has 1 aliphatic heterocycles. The third-order valence-corrected chi connectivity index (χ3v) is 3.24. The van der Waals surface area contributed by atoms with Crippen LogP contribution in [0.5, 0.6) is 0 Å². The Bertz CT molecular complexity index is 198. The van der Waals surface area contributed by atoms with Crippen LogP contribution < -0.4 is 10.6 Å². The summed E-state index contributed by atoms with van der Waals surface area (Å²) < 4.78 is 0. The highest BCUT2D eigenvalue weighted by molar-refractivity contribution is 7.99. The second-order valence-electron chi connectivity index (χ2n) is 3.34. The summed E-state index contributed by atoms with van der Waals surface area (Å²) in [6, 6.07) is 0.565. The van der Waals surface area contributed by atoms with Crippen molar-refractivity contribution in [2.45, 2.75) is 19.4 Å². The Kier molecular flexibility index (Phi) is 4.59. The van der Waals surface area contributed by atoms with Gasteiger partial charge in [-0.05, 0) is 31.3 Å². The van der Waals surface area contributed by atoms with Crippen LogP contribution in [-0.4, -0.2) is 29.2 Å². The van der Waals surface area contributed by atoms with Gasteiger partial charge in [-0.3, -0.25) is 0 Å². The Morgan fingerprint density at radius 2 is 2.46 bits per heavy atom. The number of hydrogen-bond donors (Lipinski definition) is 2. The first kappa shape index (κ1) is 10.9. The van der Waals surface area contributed by atoms with Crippen molar-refractivity contribution in [1.29, 1.82) is 0 Å². The van der Waals surface area contributed by atoms with E-state index in [4.69, 9.17) is 12.2 Å². The molecule has 0 aromatic rings. The van der Waals surface area contributed by atoms with E-state index in [0.717, 1.165) is 17.2 Å². The zero-order valence-corrected chi connectivity index (χ0v) is 9.56. The average molecular weight is 216 g/mol. The smallest absolute Gasteiger partial charge is 0.166 e. The molecule has 1 saturated heterocycles. The van der Waals surface area contributed by atoms with Crippen LogP contribution in [-0.2, 0) is 0 Å². The summed E-state index contributed by atoms with van der Waals surface area (Å²) in [5, 5.41) is 7.17. The Hall–Kier alpha value is -0.220. The van der Waals surface area contributed by atoms with Gasteiger partial charge in [-0.1, -0.05) is 12.2 Å². The largest absolute Gasteiger partial charge is 0.359 e. The molecular formula is C9H16N2S2. The SMILES string of the molecule is C=C(C)CNC(=S)NC1CCSC1. The molecule has 4 heteroatoms. The molecule has 0 spiro atoms. The first-order chi connectivity index (χ1) is 6.18. The Labute approximate surface area is 89.5 Å². The molecule has 0 amide bonds. The molecule has 13 heavy (non-hydrogen) atoms. The maximum absolute atomic E-state index is 5.14. The van der Waals surface area contributed by atoms with Gasteiger partial charge in [-0.15, -0.1) is 0 Å². The molecule has 0 aromatic heterocycles. The molecule has 2 N–H and O–H groups in total. The summed E-state index contributed by atoms with van der Waals surface area (Å²) in [7, 11) is 0. The van der Waals surface area contributed by atoms with E-state index in [1.807, 2.05) is 18.7 Å². The van der Waals surface area contributed by atoms with Crippen LogP contribution in [0.1, 0.15) is 13.3 Å². The van der Waals surface area contributed by atoms with Crippen molar-refractivity contribution in [2.24, 2.45) is 0 Å². The van der Waals surface area contributed by atoms with Crippen LogP contribution in [0.4, 0.5) is 0 Å². The summed E-state index contributed by atoms with van der Waals surface area (Å²) in [5.74, 6) is 2.43. The van der Waals surface area contributed by atoms with Crippen LogP contribution in [0.2, 0.25) is 0 Å². The molecule has 1 rings (SSSR count). The molecule has 1 fully saturated rings. The highest BCUT2D eigenvalue weighted by atomic mass is 32.2. The maximum atomic E-state index is 5.14. The molecule has 0 aliphatic carbocycles. The summed E-state index contributed by atoms with van der Waals surface area (Å²) in [6.07, 6.45) is 1.22. The standard InChI is InChI=1S/C9H16N2S2/c1-7(2)5-10-9(12)11-8-3-4-13-6-8/h8H,1,3-6H2,2H3,(H2,10,11,12). The quantitative estimate of drug-likeness (QED) is 0.552. The van der Waals surface area contributed by atoms with Crippen molar-refractivity contribution in [2.75, 3.05) is 18.1 Å². The van der Waals surface area contributed by atoms with Gasteiger partial charge in [0.05, 0.1) is 0 Å². The van der Waals surface area contributed by atoms with Crippen LogP contribution in [0.25, 0.3) is 0 Å². The minimum atomic E-state index is 0.565. The van der Waals surface area contributed by atoms with E-state index < -0.39 is 0 Å². The molecule has 0 saturated carbocycles. The highest BCUT2D eigenvalue weighted by Crippen LogP contribution is 2.16. The van der Waals surface area contributed by atoms with E-state index in [1.54, 1.807) is 0 Å². The molecule has 74 valence electrons. The second-order valence-corrected chi connectivity index (χ2v) is 4.90. The van der Waals surface area contributed by atoms with E-state index in [0.29, 0.717) is 6.04 Å². The van der Waals surface area contributed by atoms with Crippen molar-refractivity contribution in [3.8, 4) is 0 Å². The highest BCUT2D eigenvalue weighted by Gasteiger charge is 2.15. The molecule has 1 unspecified atom stereocenters. The van der Waals surface area contributed by atoms with E-state index in [-0.39, 0.29) is 0 Å². The van der Waals surface area contributed by atoms with Crippen molar-refractivity contribution >= 4 is 29.1 Å². The third kappa shape index (κ3) is 4.52. The Balaban J connectivity index is 2.13. The van der Waals surface area contributed by atoms with Crippen molar-refractivity contribution in [1.82, 2.24) is 10.6 Å². The van der Waals surface area contributed by atoms with Gasteiger partial charge < -0.3 is 10.6 Å². The fraction of sp³-hybridized carbons (Fsp3) is 0.667. The van der Waals surface area contributed by atoms with E-state index in [9.17, 15) is 0 Å². The molecule has 0 aromatic carbocycles. The summed E-state index contributed by atoms with van der Waals surface area (Å²) in [4.78, 5) is 0. The minimum absolute atomic E-state index is 0.565. The Morgan fingerprint density at radius 1 is 1.69 bits per heavy atom. The molecule has 0 bridgehead atoms. The zero-order valence-electron chi connectivity index (χ0n) is 7.93. The van der Waals surface area contributed by atoms with Gasteiger partial charge in [0.1, 0.15) is 0 Å². The van der Waals surface area contributed by atoms with Crippen LogP contribution >= 0.6 is 24.0 Å². The number of thioether (sulfide) groups is 1. The summed E-state index contributed by atoms with van der Waals surface area (Å²) in [6.45, 7) is 6.56. The first-order valence-corrected chi connectivity index (χ1v) is 6.01. The van der Waals surface area contributed by atoms with Gasteiger partial charge in [0, 0.05) is 18.3 Å². The first-order valence-electron chi connectivity index (χ1n) is 4.45. The lowest BCUT2D eigenvalue weighted by atomic mass is 10.3. The lowest BCUT2D eigenvalue weighted by Crippen LogP contribution is -2.42. The molecule has 1 aliphatic rings. The molecule has 1 heterocycles. The lowest BCUT2D eigenvalue weighted by Gasteiger charge is -2.14. The van der Waals surface area contributed by atoms with Crippen LogP contribution in [0.3, 0.4) is 0 Å². The number of nitrogens with one attached hydrogen (secondary N) is 2. The normalized spacial score (nSPS) is 21.2.